The minimum absolute atomic E-state index is 0.0441. The van der Waals surface area contributed by atoms with Crippen molar-refractivity contribution in [2.45, 2.75) is 58.1 Å². The van der Waals surface area contributed by atoms with Crippen molar-refractivity contribution < 1.29 is 14.3 Å². The number of benzene rings is 1. The van der Waals surface area contributed by atoms with Crippen LogP contribution in [0.3, 0.4) is 0 Å². The zero-order chi connectivity index (χ0) is 21.3. The number of fused-ring (bicyclic) bond motifs is 1. The third-order valence-corrected chi connectivity index (χ3v) is 6.65. The molecule has 0 aliphatic heterocycles. The van der Waals surface area contributed by atoms with E-state index in [1.54, 1.807) is 21.0 Å². The molecule has 1 aliphatic carbocycles. The normalized spacial score (nSPS) is 15.8. The number of nitrogens with zero attached hydrogens (tertiary/aromatic N) is 2. The largest absolute Gasteiger partial charge is 0.497 e. The summed E-state index contributed by atoms with van der Waals surface area (Å²) in [6.45, 7) is 3.48. The van der Waals surface area contributed by atoms with Crippen LogP contribution in [-0.4, -0.2) is 28.7 Å². The summed E-state index contributed by atoms with van der Waals surface area (Å²) in [6, 6.07) is 6.85. The fourth-order valence-corrected chi connectivity index (χ4v) is 5.08. The highest BCUT2D eigenvalue weighted by Gasteiger charge is 2.26. The molecular formula is C23H26N2O4S. The Morgan fingerprint density at radius 3 is 2.57 bits per heavy atom. The number of hydrogen-bond donors (Lipinski definition) is 0. The summed E-state index contributed by atoms with van der Waals surface area (Å²) in [5.41, 5.74) is 1.52. The lowest BCUT2D eigenvalue weighted by molar-refractivity contribution is -0.154. The summed E-state index contributed by atoms with van der Waals surface area (Å²) >= 11 is 1.43. The monoisotopic (exact) mass is 426 g/mol. The van der Waals surface area contributed by atoms with E-state index in [2.05, 4.69) is 4.98 Å². The Hall–Kier alpha value is -2.67. The summed E-state index contributed by atoms with van der Waals surface area (Å²) in [4.78, 5) is 31.5. The molecule has 0 amide bonds. The standard InChI is InChI=1S/C23H26N2O4S/c1-14(23(27)29-18-7-5-4-6-8-18)25-15(2)24-21-20(22(25)26)19(13-30-21)16-9-11-17(28-3)12-10-16/h9-14,18H,4-8H2,1-3H3. The maximum absolute atomic E-state index is 13.5. The molecule has 7 heteroatoms. The molecule has 158 valence electrons. The van der Waals surface area contributed by atoms with E-state index in [1.165, 1.54) is 22.3 Å². The molecule has 1 fully saturated rings. The van der Waals surface area contributed by atoms with Gasteiger partial charge in [-0.3, -0.25) is 9.36 Å². The Morgan fingerprint density at radius 2 is 1.90 bits per heavy atom. The summed E-state index contributed by atoms with van der Waals surface area (Å²) in [5.74, 6) is 0.905. The molecule has 6 nitrogen and oxygen atoms in total. The highest BCUT2D eigenvalue weighted by molar-refractivity contribution is 7.17. The fourth-order valence-electron chi connectivity index (χ4n) is 4.10. The lowest BCUT2D eigenvalue weighted by atomic mass is 9.98. The van der Waals surface area contributed by atoms with Crippen molar-refractivity contribution in [3.05, 3.63) is 45.8 Å². The van der Waals surface area contributed by atoms with Gasteiger partial charge in [0.1, 0.15) is 28.6 Å². The number of thiophene rings is 1. The van der Waals surface area contributed by atoms with Gasteiger partial charge in [-0.15, -0.1) is 11.3 Å². The molecule has 3 aromatic rings. The molecular weight excluding hydrogens is 400 g/mol. The third-order valence-electron chi connectivity index (χ3n) is 5.78. The maximum Gasteiger partial charge on any atom is 0.329 e. The van der Waals surface area contributed by atoms with E-state index in [1.807, 2.05) is 29.6 Å². The number of ether oxygens (including phenoxy) is 2. The molecule has 4 rings (SSSR count). The molecule has 1 aromatic carbocycles. The van der Waals surface area contributed by atoms with E-state index in [4.69, 9.17) is 9.47 Å². The van der Waals surface area contributed by atoms with Crippen molar-refractivity contribution in [2.24, 2.45) is 0 Å². The highest BCUT2D eigenvalue weighted by Crippen LogP contribution is 2.32. The van der Waals surface area contributed by atoms with Crippen LogP contribution >= 0.6 is 11.3 Å². The highest BCUT2D eigenvalue weighted by atomic mass is 32.1. The van der Waals surface area contributed by atoms with Gasteiger partial charge in [-0.2, -0.15) is 0 Å². The first kappa shape index (κ1) is 20.6. The van der Waals surface area contributed by atoms with Gasteiger partial charge in [0, 0.05) is 10.9 Å². The van der Waals surface area contributed by atoms with Gasteiger partial charge < -0.3 is 9.47 Å². The number of aryl methyl sites for hydroxylation is 1. The number of carbonyl (C=O) groups is 1. The number of methoxy groups -OCH3 is 1. The molecule has 1 atom stereocenters. The van der Waals surface area contributed by atoms with Crippen LogP contribution in [0.4, 0.5) is 0 Å². The molecule has 0 N–H and O–H groups in total. The van der Waals surface area contributed by atoms with Crippen LogP contribution in [0, 0.1) is 6.92 Å². The van der Waals surface area contributed by atoms with Crippen LogP contribution in [0.2, 0.25) is 0 Å². The average Bonchev–Trinajstić information content (AvgIpc) is 3.18. The molecule has 2 aromatic heterocycles. The first-order valence-electron chi connectivity index (χ1n) is 10.3. The number of rotatable bonds is 5. The van der Waals surface area contributed by atoms with E-state index in [0.717, 1.165) is 42.6 Å². The van der Waals surface area contributed by atoms with E-state index in [0.29, 0.717) is 16.0 Å². The van der Waals surface area contributed by atoms with Gasteiger partial charge in [-0.1, -0.05) is 18.6 Å². The molecule has 30 heavy (non-hydrogen) atoms. The summed E-state index contributed by atoms with van der Waals surface area (Å²) in [5, 5.41) is 2.48. The van der Waals surface area contributed by atoms with Crippen LogP contribution < -0.4 is 10.3 Å². The third kappa shape index (κ3) is 3.86. The van der Waals surface area contributed by atoms with Gasteiger partial charge in [-0.05, 0) is 57.2 Å². The fraction of sp³-hybridized carbons (Fsp3) is 0.435. The zero-order valence-electron chi connectivity index (χ0n) is 17.5. The number of aromatic nitrogens is 2. The van der Waals surface area contributed by atoms with Crippen molar-refractivity contribution in [2.75, 3.05) is 7.11 Å². The van der Waals surface area contributed by atoms with E-state index in [-0.39, 0.29) is 17.6 Å². The molecule has 0 spiro atoms. The second-order valence-corrected chi connectivity index (χ2v) is 8.62. The molecule has 1 aliphatic rings. The van der Waals surface area contributed by atoms with Gasteiger partial charge in [-0.25, -0.2) is 9.78 Å². The summed E-state index contributed by atoms with van der Waals surface area (Å²) in [6.07, 6.45) is 5.11. The predicted molar refractivity (Wildman–Crippen MR) is 118 cm³/mol. The number of hydrogen-bond acceptors (Lipinski definition) is 6. The van der Waals surface area contributed by atoms with Gasteiger partial charge in [0.05, 0.1) is 12.5 Å². The van der Waals surface area contributed by atoms with E-state index >= 15 is 0 Å². The summed E-state index contributed by atoms with van der Waals surface area (Å²) < 4.78 is 12.4. The quantitative estimate of drug-likeness (QED) is 0.544. The van der Waals surface area contributed by atoms with Crippen LogP contribution in [0.1, 0.15) is 50.9 Å². The Labute approximate surface area is 179 Å². The number of carbonyl (C=O) groups excluding carboxylic acids is 1. The van der Waals surface area contributed by atoms with Gasteiger partial charge >= 0.3 is 5.97 Å². The Bertz CT molecular complexity index is 1110. The summed E-state index contributed by atoms with van der Waals surface area (Å²) in [7, 11) is 1.62. The lowest BCUT2D eigenvalue weighted by Gasteiger charge is -2.24. The van der Waals surface area contributed by atoms with E-state index in [9.17, 15) is 9.59 Å². The lowest BCUT2D eigenvalue weighted by Crippen LogP contribution is -2.34. The van der Waals surface area contributed by atoms with Crippen molar-refractivity contribution in [1.29, 1.82) is 0 Å². The van der Waals surface area contributed by atoms with Crippen LogP contribution in [0.5, 0.6) is 5.75 Å². The minimum Gasteiger partial charge on any atom is -0.497 e. The average molecular weight is 427 g/mol. The predicted octanol–water partition coefficient (Wildman–Crippen LogP) is 4.88. The second-order valence-electron chi connectivity index (χ2n) is 7.77. The van der Waals surface area contributed by atoms with Gasteiger partial charge in [0.25, 0.3) is 5.56 Å². The van der Waals surface area contributed by atoms with Crippen LogP contribution in [0.25, 0.3) is 21.3 Å². The van der Waals surface area contributed by atoms with Crippen LogP contribution in [0.15, 0.2) is 34.4 Å². The van der Waals surface area contributed by atoms with Gasteiger partial charge in [0.2, 0.25) is 0 Å². The van der Waals surface area contributed by atoms with Crippen molar-refractivity contribution in [1.82, 2.24) is 9.55 Å². The maximum atomic E-state index is 13.5. The Balaban J connectivity index is 1.71. The van der Waals surface area contributed by atoms with E-state index < -0.39 is 6.04 Å². The topological polar surface area (TPSA) is 70.4 Å². The minimum atomic E-state index is -0.722. The first-order chi connectivity index (χ1) is 14.5. The molecule has 0 radical (unpaired) electrons. The second kappa shape index (κ2) is 8.60. The van der Waals surface area contributed by atoms with Crippen molar-refractivity contribution in [3.63, 3.8) is 0 Å². The zero-order valence-corrected chi connectivity index (χ0v) is 18.3. The number of esters is 1. The Kier molecular flexibility index (Phi) is 5.90. The molecule has 1 unspecified atom stereocenters. The molecule has 0 saturated heterocycles. The van der Waals surface area contributed by atoms with Crippen molar-refractivity contribution >= 4 is 27.5 Å². The first-order valence-corrected chi connectivity index (χ1v) is 11.2. The molecule has 2 heterocycles. The van der Waals surface area contributed by atoms with Gasteiger partial charge in [0.15, 0.2) is 0 Å². The van der Waals surface area contributed by atoms with Crippen LogP contribution in [-0.2, 0) is 9.53 Å². The van der Waals surface area contributed by atoms with Crippen molar-refractivity contribution in [3.8, 4) is 16.9 Å². The smallest absolute Gasteiger partial charge is 0.329 e. The Morgan fingerprint density at radius 1 is 1.20 bits per heavy atom. The SMILES string of the molecule is COc1ccc(-c2csc3nc(C)n(C(C)C(=O)OC4CCCCC4)c(=O)c23)cc1. The molecule has 1 saturated carbocycles. The molecule has 0 bridgehead atoms.